The highest BCUT2D eigenvalue weighted by Gasteiger charge is 2.21. The third-order valence-electron chi connectivity index (χ3n) is 2.75. The summed E-state index contributed by atoms with van der Waals surface area (Å²) in [5, 5.41) is 14.3. The second-order valence-corrected chi connectivity index (χ2v) is 4.08. The van der Waals surface area contributed by atoms with E-state index >= 15 is 0 Å². The predicted octanol–water partition coefficient (Wildman–Crippen LogP) is 2.50. The summed E-state index contributed by atoms with van der Waals surface area (Å²) in [6.07, 6.45) is 0. The zero-order chi connectivity index (χ0) is 14.3. The van der Waals surface area contributed by atoms with E-state index in [-0.39, 0.29) is 10.6 Å². The van der Waals surface area contributed by atoms with Crippen molar-refractivity contribution in [3.63, 3.8) is 0 Å². The van der Waals surface area contributed by atoms with Crippen molar-refractivity contribution in [3.8, 4) is 0 Å². The van der Waals surface area contributed by atoms with Crippen LogP contribution in [0, 0.1) is 10.1 Å². The molecule has 0 saturated carbocycles. The Kier molecular flexibility index (Phi) is 6.08. The minimum absolute atomic E-state index is 0.114. The Bertz CT molecular complexity index is 424. The largest absolute Gasteiger partial charge is 0.380 e. The number of benzene rings is 1. The highest BCUT2D eigenvalue weighted by Crippen LogP contribution is 2.34. The zero-order valence-corrected chi connectivity index (χ0v) is 11.7. The highest BCUT2D eigenvalue weighted by atomic mass is 16.6. The molecule has 0 atom stereocenters. The van der Waals surface area contributed by atoms with Crippen LogP contribution in [0.15, 0.2) is 18.2 Å². The third-order valence-corrected chi connectivity index (χ3v) is 2.75. The van der Waals surface area contributed by atoms with Crippen LogP contribution >= 0.6 is 0 Å². The van der Waals surface area contributed by atoms with Gasteiger partial charge in [0, 0.05) is 26.7 Å². The molecule has 19 heavy (non-hydrogen) atoms. The second kappa shape index (κ2) is 7.58. The molecule has 0 amide bonds. The van der Waals surface area contributed by atoms with Gasteiger partial charge >= 0.3 is 5.69 Å². The van der Waals surface area contributed by atoms with Crippen molar-refractivity contribution >= 4 is 17.1 Å². The van der Waals surface area contributed by atoms with E-state index < -0.39 is 0 Å². The quantitative estimate of drug-likeness (QED) is 0.445. The Balaban J connectivity index is 2.98. The minimum Gasteiger partial charge on any atom is -0.380 e. The normalized spacial score (nSPS) is 10.3. The van der Waals surface area contributed by atoms with Gasteiger partial charge in [-0.15, -0.1) is 0 Å². The molecule has 0 aliphatic rings. The van der Waals surface area contributed by atoms with Crippen LogP contribution in [0.3, 0.4) is 0 Å². The summed E-state index contributed by atoms with van der Waals surface area (Å²) in [6, 6.07) is 5.30. The number of anilines is 2. The maximum Gasteiger partial charge on any atom is 0.315 e. The molecule has 0 bridgehead atoms. The van der Waals surface area contributed by atoms with E-state index in [0.29, 0.717) is 37.7 Å². The summed E-state index contributed by atoms with van der Waals surface area (Å²) in [5.74, 6) is 0. The molecule has 0 radical (unpaired) electrons. The zero-order valence-electron chi connectivity index (χ0n) is 11.7. The SMILES string of the molecule is CCNc1cccc(N(C)CCOCC)c1[N+](=O)[O-]. The Morgan fingerprint density at radius 3 is 2.74 bits per heavy atom. The molecule has 0 heterocycles. The molecule has 0 aromatic heterocycles. The van der Waals surface area contributed by atoms with Gasteiger partial charge < -0.3 is 15.0 Å². The molecule has 106 valence electrons. The lowest BCUT2D eigenvalue weighted by atomic mass is 10.2. The van der Waals surface area contributed by atoms with E-state index in [1.54, 1.807) is 12.1 Å². The van der Waals surface area contributed by atoms with E-state index in [0.717, 1.165) is 0 Å². The van der Waals surface area contributed by atoms with Crippen LogP contribution in [-0.2, 0) is 4.74 Å². The number of nitro groups is 1. The van der Waals surface area contributed by atoms with Gasteiger partial charge in [0.1, 0.15) is 11.4 Å². The van der Waals surface area contributed by atoms with Gasteiger partial charge in [-0.05, 0) is 26.0 Å². The fourth-order valence-electron chi connectivity index (χ4n) is 1.83. The smallest absolute Gasteiger partial charge is 0.315 e. The molecule has 0 aliphatic carbocycles. The number of hydrogen-bond acceptors (Lipinski definition) is 5. The molecule has 1 aromatic rings. The fraction of sp³-hybridized carbons (Fsp3) is 0.538. The van der Waals surface area contributed by atoms with Gasteiger partial charge in [0.15, 0.2) is 0 Å². The third kappa shape index (κ3) is 4.10. The number of nitrogens with zero attached hydrogens (tertiary/aromatic N) is 2. The lowest BCUT2D eigenvalue weighted by molar-refractivity contribution is -0.383. The number of hydrogen-bond donors (Lipinski definition) is 1. The van der Waals surface area contributed by atoms with Crippen LogP contribution in [0.5, 0.6) is 0 Å². The van der Waals surface area contributed by atoms with Crippen molar-refractivity contribution in [3.05, 3.63) is 28.3 Å². The Labute approximate surface area is 113 Å². The molecule has 1 rings (SSSR count). The molecular formula is C13H21N3O3. The second-order valence-electron chi connectivity index (χ2n) is 4.08. The average molecular weight is 267 g/mol. The maximum atomic E-state index is 11.3. The number of rotatable bonds is 8. The van der Waals surface area contributed by atoms with Gasteiger partial charge in [-0.1, -0.05) is 6.07 Å². The van der Waals surface area contributed by atoms with E-state index in [1.165, 1.54) is 0 Å². The van der Waals surface area contributed by atoms with E-state index in [2.05, 4.69) is 5.32 Å². The lowest BCUT2D eigenvalue weighted by Crippen LogP contribution is -2.23. The van der Waals surface area contributed by atoms with E-state index in [4.69, 9.17) is 4.74 Å². The van der Waals surface area contributed by atoms with E-state index in [1.807, 2.05) is 31.9 Å². The van der Waals surface area contributed by atoms with Crippen molar-refractivity contribution in [1.29, 1.82) is 0 Å². The first-order valence-electron chi connectivity index (χ1n) is 6.41. The van der Waals surface area contributed by atoms with Gasteiger partial charge in [0.05, 0.1) is 11.5 Å². The summed E-state index contributed by atoms with van der Waals surface area (Å²) in [4.78, 5) is 12.8. The van der Waals surface area contributed by atoms with Gasteiger partial charge in [-0.3, -0.25) is 10.1 Å². The van der Waals surface area contributed by atoms with Crippen LogP contribution < -0.4 is 10.2 Å². The lowest BCUT2D eigenvalue weighted by Gasteiger charge is -2.20. The van der Waals surface area contributed by atoms with Gasteiger partial charge in [-0.2, -0.15) is 0 Å². The summed E-state index contributed by atoms with van der Waals surface area (Å²) in [6.45, 7) is 6.30. The number of nitro benzene ring substituents is 1. The van der Waals surface area contributed by atoms with Crippen molar-refractivity contribution in [1.82, 2.24) is 0 Å². The number of para-hydroxylation sites is 1. The topological polar surface area (TPSA) is 67.6 Å². The molecule has 0 aliphatic heterocycles. The summed E-state index contributed by atoms with van der Waals surface area (Å²) in [5.41, 5.74) is 1.26. The Hall–Kier alpha value is -1.82. The highest BCUT2D eigenvalue weighted by molar-refractivity contribution is 5.76. The molecule has 1 N–H and O–H groups in total. The molecule has 0 spiro atoms. The summed E-state index contributed by atoms with van der Waals surface area (Å²) < 4.78 is 5.28. The number of ether oxygens (including phenoxy) is 1. The standard InChI is InChI=1S/C13H21N3O3/c1-4-14-11-7-6-8-12(13(11)16(17)18)15(3)9-10-19-5-2/h6-8,14H,4-5,9-10H2,1-3H3. The number of nitrogens with one attached hydrogen (secondary N) is 1. The summed E-state index contributed by atoms with van der Waals surface area (Å²) >= 11 is 0. The fourth-order valence-corrected chi connectivity index (χ4v) is 1.83. The van der Waals surface area contributed by atoms with Crippen molar-refractivity contribution in [2.45, 2.75) is 13.8 Å². The molecule has 6 heteroatoms. The maximum absolute atomic E-state index is 11.3. The molecule has 0 unspecified atom stereocenters. The first kappa shape index (κ1) is 15.2. The summed E-state index contributed by atoms with van der Waals surface area (Å²) in [7, 11) is 1.83. The van der Waals surface area contributed by atoms with Crippen molar-refractivity contribution < 1.29 is 9.66 Å². The van der Waals surface area contributed by atoms with Gasteiger partial charge in [0.25, 0.3) is 0 Å². The first-order chi connectivity index (χ1) is 9.11. The van der Waals surface area contributed by atoms with Crippen LogP contribution in [-0.4, -0.2) is 38.3 Å². The van der Waals surface area contributed by atoms with Crippen LogP contribution in [0.2, 0.25) is 0 Å². The van der Waals surface area contributed by atoms with Crippen LogP contribution in [0.1, 0.15) is 13.8 Å². The number of likely N-dealkylation sites (N-methyl/N-ethyl adjacent to an activating group) is 1. The van der Waals surface area contributed by atoms with Crippen LogP contribution in [0.25, 0.3) is 0 Å². The predicted molar refractivity (Wildman–Crippen MR) is 77.0 cm³/mol. The molecule has 6 nitrogen and oxygen atoms in total. The molecular weight excluding hydrogens is 246 g/mol. The van der Waals surface area contributed by atoms with Gasteiger partial charge in [0.2, 0.25) is 0 Å². The Morgan fingerprint density at radius 1 is 1.42 bits per heavy atom. The Morgan fingerprint density at radius 2 is 2.16 bits per heavy atom. The van der Waals surface area contributed by atoms with Crippen molar-refractivity contribution in [2.75, 3.05) is 43.6 Å². The van der Waals surface area contributed by atoms with Crippen LogP contribution in [0.4, 0.5) is 17.1 Å². The van der Waals surface area contributed by atoms with E-state index in [9.17, 15) is 10.1 Å². The van der Waals surface area contributed by atoms with Gasteiger partial charge in [-0.25, -0.2) is 0 Å². The van der Waals surface area contributed by atoms with Crippen molar-refractivity contribution in [2.24, 2.45) is 0 Å². The molecule has 0 saturated heterocycles. The first-order valence-corrected chi connectivity index (χ1v) is 6.41. The minimum atomic E-state index is -0.343. The monoisotopic (exact) mass is 267 g/mol. The average Bonchev–Trinajstić information content (AvgIpc) is 2.38. The molecule has 0 fully saturated rings. The molecule has 1 aromatic carbocycles.